The summed E-state index contributed by atoms with van der Waals surface area (Å²) >= 11 is 0. The molecule has 1 aliphatic carbocycles. The lowest BCUT2D eigenvalue weighted by Crippen LogP contribution is -2.49. The third-order valence-corrected chi connectivity index (χ3v) is 3.36. The monoisotopic (exact) mass is 242 g/mol. The summed E-state index contributed by atoms with van der Waals surface area (Å²) in [6.07, 6.45) is 4.41. The van der Waals surface area contributed by atoms with Crippen molar-refractivity contribution in [3.8, 4) is 0 Å². The lowest BCUT2D eigenvalue weighted by Gasteiger charge is -2.28. The van der Waals surface area contributed by atoms with Crippen LogP contribution in [-0.2, 0) is 4.79 Å². The first-order valence-electron chi connectivity index (χ1n) is 6.77. The van der Waals surface area contributed by atoms with Crippen molar-refractivity contribution in [3.05, 3.63) is 0 Å². The Kier molecular flexibility index (Phi) is 5.92. The average Bonchev–Trinajstić information content (AvgIpc) is 3.09. The maximum absolute atomic E-state index is 12.0. The summed E-state index contributed by atoms with van der Waals surface area (Å²) < 4.78 is 0. The first-order chi connectivity index (χ1) is 8.10. The molecule has 2 N–H and O–H groups in total. The van der Waals surface area contributed by atoms with Gasteiger partial charge in [-0.15, -0.1) is 0 Å². The van der Waals surface area contributed by atoms with Gasteiger partial charge in [0.15, 0.2) is 0 Å². The van der Waals surface area contributed by atoms with Crippen LogP contribution in [0.5, 0.6) is 0 Å². The molecule has 4 nitrogen and oxygen atoms in total. The predicted molar refractivity (Wildman–Crippen MR) is 68.8 cm³/mol. The van der Waals surface area contributed by atoms with Crippen molar-refractivity contribution in [2.75, 3.05) is 13.2 Å². The highest BCUT2D eigenvalue weighted by Gasteiger charge is 2.34. The Hall–Kier alpha value is -0.610. The van der Waals surface area contributed by atoms with E-state index in [4.69, 9.17) is 5.11 Å². The summed E-state index contributed by atoms with van der Waals surface area (Å²) in [6, 6.07) is 0.614. The molecule has 1 fully saturated rings. The molecular formula is C13H26N2O2. The fraction of sp³-hybridized carbons (Fsp3) is 0.923. The van der Waals surface area contributed by atoms with Crippen molar-refractivity contribution >= 4 is 5.91 Å². The van der Waals surface area contributed by atoms with E-state index in [0.717, 1.165) is 25.7 Å². The second kappa shape index (κ2) is 6.97. The van der Waals surface area contributed by atoms with E-state index in [1.165, 1.54) is 0 Å². The molecule has 0 aliphatic heterocycles. The number of hydrogen-bond donors (Lipinski definition) is 2. The summed E-state index contributed by atoms with van der Waals surface area (Å²) in [5.41, 5.74) is 0. The molecule has 2 unspecified atom stereocenters. The van der Waals surface area contributed by atoms with Gasteiger partial charge in [0.25, 0.3) is 0 Å². The number of nitrogens with one attached hydrogen (secondary N) is 1. The summed E-state index contributed by atoms with van der Waals surface area (Å²) in [5, 5.41) is 12.1. The fourth-order valence-electron chi connectivity index (χ4n) is 2.23. The van der Waals surface area contributed by atoms with Crippen LogP contribution in [0.15, 0.2) is 0 Å². The molecule has 0 heterocycles. The summed E-state index contributed by atoms with van der Waals surface area (Å²) in [7, 11) is 0. The Labute approximate surface area is 104 Å². The molecule has 0 radical (unpaired) electrons. The Morgan fingerprint density at radius 3 is 2.59 bits per heavy atom. The van der Waals surface area contributed by atoms with E-state index >= 15 is 0 Å². The highest BCUT2D eigenvalue weighted by atomic mass is 16.3. The van der Waals surface area contributed by atoms with Gasteiger partial charge in [-0.2, -0.15) is 0 Å². The molecule has 0 aromatic carbocycles. The normalized spacial score (nSPS) is 19.1. The Morgan fingerprint density at radius 1 is 1.47 bits per heavy atom. The Morgan fingerprint density at radius 2 is 2.12 bits per heavy atom. The Balaban J connectivity index is 2.42. The average molecular weight is 242 g/mol. The molecule has 1 rings (SSSR count). The zero-order valence-corrected chi connectivity index (χ0v) is 11.3. The number of amides is 1. The highest BCUT2D eigenvalue weighted by Crippen LogP contribution is 2.28. The minimum Gasteiger partial charge on any atom is -0.395 e. The van der Waals surface area contributed by atoms with Gasteiger partial charge in [-0.3, -0.25) is 9.69 Å². The molecule has 4 heteroatoms. The predicted octanol–water partition coefficient (Wildman–Crippen LogP) is 1.14. The molecule has 1 amide bonds. The maximum Gasteiger partial charge on any atom is 0.237 e. The highest BCUT2D eigenvalue weighted by molar-refractivity contribution is 5.81. The smallest absolute Gasteiger partial charge is 0.237 e. The SMILES string of the molecule is CCCC(C)NC(=O)C(C)N(CCO)C1CC1. The van der Waals surface area contributed by atoms with Crippen LogP contribution in [0, 0.1) is 0 Å². The molecule has 1 aliphatic rings. The van der Waals surface area contributed by atoms with Gasteiger partial charge < -0.3 is 10.4 Å². The molecule has 17 heavy (non-hydrogen) atoms. The number of aliphatic hydroxyl groups excluding tert-OH is 1. The van der Waals surface area contributed by atoms with Crippen molar-refractivity contribution in [2.24, 2.45) is 0 Å². The molecule has 0 spiro atoms. The molecular weight excluding hydrogens is 216 g/mol. The maximum atomic E-state index is 12.0. The fourth-order valence-corrected chi connectivity index (χ4v) is 2.23. The van der Waals surface area contributed by atoms with Gasteiger partial charge in [-0.1, -0.05) is 13.3 Å². The Bertz CT molecular complexity index is 242. The molecule has 1 saturated carbocycles. The number of carbonyl (C=O) groups excluding carboxylic acids is 1. The molecule has 0 aromatic heterocycles. The summed E-state index contributed by atoms with van der Waals surface area (Å²) in [6.45, 7) is 6.82. The first kappa shape index (κ1) is 14.5. The lowest BCUT2D eigenvalue weighted by molar-refractivity contribution is -0.127. The van der Waals surface area contributed by atoms with Gasteiger partial charge in [0.1, 0.15) is 0 Å². The zero-order valence-electron chi connectivity index (χ0n) is 11.3. The van der Waals surface area contributed by atoms with Crippen LogP contribution in [0.25, 0.3) is 0 Å². The van der Waals surface area contributed by atoms with Crippen molar-refractivity contribution in [2.45, 2.75) is 64.6 Å². The van der Waals surface area contributed by atoms with Crippen LogP contribution < -0.4 is 5.32 Å². The van der Waals surface area contributed by atoms with Crippen molar-refractivity contribution in [3.63, 3.8) is 0 Å². The van der Waals surface area contributed by atoms with E-state index in [0.29, 0.717) is 12.6 Å². The third kappa shape index (κ3) is 4.64. The second-order valence-electron chi connectivity index (χ2n) is 5.07. The van der Waals surface area contributed by atoms with Gasteiger partial charge in [-0.05, 0) is 33.1 Å². The van der Waals surface area contributed by atoms with Crippen molar-refractivity contribution in [1.82, 2.24) is 10.2 Å². The summed E-state index contributed by atoms with van der Waals surface area (Å²) in [5.74, 6) is 0.0892. The topological polar surface area (TPSA) is 52.6 Å². The van der Waals surface area contributed by atoms with Crippen LogP contribution in [0.1, 0.15) is 46.5 Å². The minimum atomic E-state index is -0.131. The van der Waals surface area contributed by atoms with Gasteiger partial charge in [-0.25, -0.2) is 0 Å². The van der Waals surface area contributed by atoms with Crippen molar-refractivity contribution in [1.29, 1.82) is 0 Å². The van der Waals surface area contributed by atoms with Crippen LogP contribution in [-0.4, -0.2) is 47.2 Å². The van der Waals surface area contributed by atoms with Gasteiger partial charge in [0.2, 0.25) is 5.91 Å². The molecule has 100 valence electrons. The quantitative estimate of drug-likeness (QED) is 0.671. The van der Waals surface area contributed by atoms with E-state index in [1.54, 1.807) is 0 Å². The van der Waals surface area contributed by atoms with Gasteiger partial charge in [0.05, 0.1) is 12.6 Å². The minimum absolute atomic E-state index is 0.0892. The van der Waals surface area contributed by atoms with Gasteiger partial charge in [0, 0.05) is 18.6 Å². The number of nitrogens with zero attached hydrogens (tertiary/aromatic N) is 1. The number of rotatable bonds is 8. The van der Waals surface area contributed by atoms with E-state index in [9.17, 15) is 4.79 Å². The van der Waals surface area contributed by atoms with Crippen LogP contribution in [0.3, 0.4) is 0 Å². The molecule has 0 saturated heterocycles. The molecule has 0 aromatic rings. The summed E-state index contributed by atoms with van der Waals surface area (Å²) in [4.78, 5) is 14.2. The zero-order chi connectivity index (χ0) is 12.8. The second-order valence-corrected chi connectivity index (χ2v) is 5.07. The van der Waals surface area contributed by atoms with E-state index in [-0.39, 0.29) is 24.6 Å². The first-order valence-corrected chi connectivity index (χ1v) is 6.77. The van der Waals surface area contributed by atoms with E-state index in [2.05, 4.69) is 17.1 Å². The largest absolute Gasteiger partial charge is 0.395 e. The molecule has 0 bridgehead atoms. The van der Waals surface area contributed by atoms with Crippen LogP contribution in [0.4, 0.5) is 0 Å². The van der Waals surface area contributed by atoms with Crippen molar-refractivity contribution < 1.29 is 9.90 Å². The van der Waals surface area contributed by atoms with Crippen LogP contribution >= 0.6 is 0 Å². The van der Waals surface area contributed by atoms with Gasteiger partial charge >= 0.3 is 0 Å². The molecule has 2 atom stereocenters. The van der Waals surface area contributed by atoms with E-state index < -0.39 is 0 Å². The van der Waals surface area contributed by atoms with E-state index in [1.807, 2.05) is 13.8 Å². The third-order valence-electron chi connectivity index (χ3n) is 3.36. The number of hydrogen-bond acceptors (Lipinski definition) is 3. The lowest BCUT2D eigenvalue weighted by atomic mass is 10.1. The number of carbonyl (C=O) groups is 1. The number of aliphatic hydroxyl groups is 1. The standard InChI is InChI=1S/C13H26N2O2/c1-4-5-10(2)14-13(17)11(3)15(8-9-16)12-6-7-12/h10-12,16H,4-9H2,1-3H3,(H,14,17). The van der Waals surface area contributed by atoms with Crippen LogP contribution in [0.2, 0.25) is 0 Å².